The number of methoxy groups -OCH3 is 1. The molecule has 0 radical (unpaired) electrons. The van der Waals surface area contributed by atoms with Gasteiger partial charge in [0.1, 0.15) is 5.76 Å². The summed E-state index contributed by atoms with van der Waals surface area (Å²) in [5, 5.41) is 7.28. The molecule has 0 N–H and O–H groups in total. The molecule has 0 saturated heterocycles. The summed E-state index contributed by atoms with van der Waals surface area (Å²) in [7, 11) is 1.57. The summed E-state index contributed by atoms with van der Waals surface area (Å²) < 4.78 is 4.87. The SMILES string of the molecule is C=C(OC)c1ccnnc1. The lowest BCUT2D eigenvalue weighted by atomic mass is 10.3. The fraction of sp³-hybridized carbons (Fsp3) is 0.143. The maximum absolute atomic E-state index is 4.87. The Labute approximate surface area is 59.4 Å². The van der Waals surface area contributed by atoms with Crippen molar-refractivity contribution in [3.8, 4) is 0 Å². The van der Waals surface area contributed by atoms with Gasteiger partial charge in [0, 0.05) is 5.56 Å². The molecular formula is C7H8N2O. The Balaban J connectivity index is 2.85. The van der Waals surface area contributed by atoms with Gasteiger partial charge >= 0.3 is 0 Å². The van der Waals surface area contributed by atoms with Crippen LogP contribution in [0.2, 0.25) is 0 Å². The van der Waals surface area contributed by atoms with Crippen LogP contribution in [0.25, 0.3) is 5.76 Å². The summed E-state index contributed by atoms with van der Waals surface area (Å²) in [5.41, 5.74) is 0.859. The Morgan fingerprint density at radius 3 is 2.90 bits per heavy atom. The van der Waals surface area contributed by atoms with Gasteiger partial charge in [-0.2, -0.15) is 10.2 Å². The molecule has 3 nitrogen and oxygen atoms in total. The highest BCUT2D eigenvalue weighted by Gasteiger charge is 1.94. The van der Waals surface area contributed by atoms with Crippen LogP contribution in [0, 0.1) is 0 Å². The highest BCUT2D eigenvalue weighted by atomic mass is 16.5. The molecule has 0 spiro atoms. The van der Waals surface area contributed by atoms with Crippen LogP contribution < -0.4 is 0 Å². The first-order chi connectivity index (χ1) is 4.84. The van der Waals surface area contributed by atoms with Gasteiger partial charge in [0.15, 0.2) is 0 Å². The number of hydrogen-bond acceptors (Lipinski definition) is 3. The molecule has 1 rings (SSSR count). The number of ether oxygens (including phenoxy) is 1. The minimum absolute atomic E-state index is 0.606. The number of nitrogens with zero attached hydrogens (tertiary/aromatic N) is 2. The van der Waals surface area contributed by atoms with E-state index in [2.05, 4.69) is 16.8 Å². The van der Waals surface area contributed by atoms with Crippen LogP contribution in [-0.2, 0) is 4.74 Å². The largest absolute Gasteiger partial charge is 0.497 e. The average molecular weight is 136 g/mol. The zero-order chi connectivity index (χ0) is 7.40. The molecule has 52 valence electrons. The molecule has 0 amide bonds. The zero-order valence-electron chi connectivity index (χ0n) is 5.74. The third-order valence-corrected chi connectivity index (χ3v) is 1.15. The van der Waals surface area contributed by atoms with E-state index in [1.54, 1.807) is 25.6 Å². The molecule has 0 aromatic carbocycles. The first kappa shape index (κ1) is 6.74. The summed E-state index contributed by atoms with van der Waals surface area (Å²) in [4.78, 5) is 0. The van der Waals surface area contributed by atoms with Gasteiger partial charge in [0.2, 0.25) is 0 Å². The Morgan fingerprint density at radius 1 is 1.60 bits per heavy atom. The van der Waals surface area contributed by atoms with Gasteiger partial charge in [-0.15, -0.1) is 0 Å². The van der Waals surface area contributed by atoms with Gasteiger partial charge in [0.05, 0.1) is 19.5 Å². The Bertz CT molecular complexity index is 220. The van der Waals surface area contributed by atoms with Crippen LogP contribution in [0.4, 0.5) is 0 Å². The molecule has 0 aliphatic carbocycles. The summed E-state index contributed by atoms with van der Waals surface area (Å²) in [6, 6.07) is 1.79. The molecule has 1 aromatic rings. The van der Waals surface area contributed by atoms with E-state index in [1.807, 2.05) is 0 Å². The van der Waals surface area contributed by atoms with Gasteiger partial charge in [-0.3, -0.25) is 0 Å². The predicted octanol–water partition coefficient (Wildman–Crippen LogP) is 1.09. The monoisotopic (exact) mass is 136 g/mol. The molecule has 0 bridgehead atoms. The van der Waals surface area contributed by atoms with Crippen molar-refractivity contribution < 1.29 is 4.74 Å². The first-order valence-electron chi connectivity index (χ1n) is 2.84. The fourth-order valence-corrected chi connectivity index (χ4v) is 0.573. The van der Waals surface area contributed by atoms with E-state index in [0.717, 1.165) is 5.56 Å². The second kappa shape index (κ2) is 2.96. The van der Waals surface area contributed by atoms with E-state index in [1.165, 1.54) is 0 Å². The molecule has 0 fully saturated rings. The highest BCUT2D eigenvalue weighted by molar-refractivity contribution is 5.55. The lowest BCUT2D eigenvalue weighted by Gasteiger charge is -2.00. The zero-order valence-corrected chi connectivity index (χ0v) is 5.74. The lowest BCUT2D eigenvalue weighted by Crippen LogP contribution is -1.87. The van der Waals surface area contributed by atoms with Crippen LogP contribution in [0.5, 0.6) is 0 Å². The summed E-state index contributed by atoms with van der Waals surface area (Å²) in [6.07, 6.45) is 3.20. The third-order valence-electron chi connectivity index (χ3n) is 1.15. The normalized spacial score (nSPS) is 8.90. The van der Waals surface area contributed by atoms with E-state index in [9.17, 15) is 0 Å². The van der Waals surface area contributed by atoms with Gasteiger partial charge in [-0.1, -0.05) is 6.58 Å². The maximum atomic E-state index is 4.87. The van der Waals surface area contributed by atoms with E-state index < -0.39 is 0 Å². The molecule has 1 aromatic heterocycles. The van der Waals surface area contributed by atoms with E-state index in [0.29, 0.717) is 5.76 Å². The van der Waals surface area contributed by atoms with Gasteiger partial charge in [-0.05, 0) is 6.07 Å². The Morgan fingerprint density at radius 2 is 2.40 bits per heavy atom. The smallest absolute Gasteiger partial charge is 0.120 e. The Kier molecular flexibility index (Phi) is 1.99. The van der Waals surface area contributed by atoms with Crippen molar-refractivity contribution in [1.29, 1.82) is 0 Å². The molecule has 0 aliphatic rings. The standard InChI is InChI=1S/C7H8N2O/c1-6(10-2)7-3-4-8-9-5-7/h3-5H,1H2,2H3. The minimum Gasteiger partial charge on any atom is -0.497 e. The van der Waals surface area contributed by atoms with Crippen molar-refractivity contribution in [2.75, 3.05) is 7.11 Å². The number of rotatable bonds is 2. The molecule has 3 heteroatoms. The van der Waals surface area contributed by atoms with Crippen molar-refractivity contribution in [2.45, 2.75) is 0 Å². The Hall–Kier alpha value is -1.38. The summed E-state index contributed by atoms with van der Waals surface area (Å²) >= 11 is 0. The topological polar surface area (TPSA) is 35.0 Å². The molecule has 1 heterocycles. The highest BCUT2D eigenvalue weighted by Crippen LogP contribution is 2.08. The van der Waals surface area contributed by atoms with E-state index in [-0.39, 0.29) is 0 Å². The van der Waals surface area contributed by atoms with Crippen molar-refractivity contribution in [2.24, 2.45) is 0 Å². The quantitative estimate of drug-likeness (QED) is 0.571. The van der Waals surface area contributed by atoms with Gasteiger partial charge in [-0.25, -0.2) is 0 Å². The second-order valence-electron chi connectivity index (χ2n) is 1.76. The molecule has 0 aliphatic heterocycles. The minimum atomic E-state index is 0.606. The van der Waals surface area contributed by atoms with Crippen molar-refractivity contribution in [3.63, 3.8) is 0 Å². The number of aromatic nitrogens is 2. The predicted molar refractivity (Wildman–Crippen MR) is 38.1 cm³/mol. The van der Waals surface area contributed by atoms with Crippen LogP contribution in [0.3, 0.4) is 0 Å². The number of hydrogen-bond donors (Lipinski definition) is 0. The lowest BCUT2D eigenvalue weighted by molar-refractivity contribution is 0.371. The average Bonchev–Trinajstić information content (AvgIpc) is 2.05. The molecule has 0 unspecified atom stereocenters. The summed E-state index contributed by atoms with van der Waals surface area (Å²) in [6.45, 7) is 3.65. The molecule has 0 atom stereocenters. The van der Waals surface area contributed by atoms with Gasteiger partial charge < -0.3 is 4.74 Å². The third kappa shape index (κ3) is 1.31. The van der Waals surface area contributed by atoms with Crippen LogP contribution in [0.1, 0.15) is 5.56 Å². The van der Waals surface area contributed by atoms with E-state index >= 15 is 0 Å². The molecule has 10 heavy (non-hydrogen) atoms. The van der Waals surface area contributed by atoms with E-state index in [4.69, 9.17) is 4.74 Å². The van der Waals surface area contributed by atoms with Crippen LogP contribution >= 0.6 is 0 Å². The van der Waals surface area contributed by atoms with Crippen molar-refractivity contribution in [1.82, 2.24) is 10.2 Å². The second-order valence-corrected chi connectivity index (χ2v) is 1.76. The maximum Gasteiger partial charge on any atom is 0.120 e. The fourth-order valence-electron chi connectivity index (χ4n) is 0.573. The van der Waals surface area contributed by atoms with Crippen LogP contribution in [0.15, 0.2) is 25.0 Å². The van der Waals surface area contributed by atoms with Gasteiger partial charge in [0.25, 0.3) is 0 Å². The van der Waals surface area contributed by atoms with Crippen molar-refractivity contribution in [3.05, 3.63) is 30.6 Å². The molecule has 0 saturated carbocycles. The van der Waals surface area contributed by atoms with Crippen LogP contribution in [-0.4, -0.2) is 17.3 Å². The molecular weight excluding hydrogens is 128 g/mol. The van der Waals surface area contributed by atoms with Crippen molar-refractivity contribution >= 4 is 5.76 Å². The summed E-state index contributed by atoms with van der Waals surface area (Å²) in [5.74, 6) is 0.606. The first-order valence-corrected chi connectivity index (χ1v) is 2.84.